The van der Waals surface area contributed by atoms with Crippen LogP contribution < -0.4 is 10.2 Å². The van der Waals surface area contributed by atoms with Crippen LogP contribution in [0.15, 0.2) is 48.5 Å². The fraction of sp³-hybridized carbons (Fsp3) is 0.304. The molecule has 7 nitrogen and oxygen atoms in total. The second kappa shape index (κ2) is 9.71. The van der Waals surface area contributed by atoms with Crippen LogP contribution in [0.1, 0.15) is 23.2 Å². The lowest BCUT2D eigenvalue weighted by molar-refractivity contribution is -0.122. The van der Waals surface area contributed by atoms with E-state index in [1.54, 1.807) is 30.3 Å². The number of fused-ring (bicyclic) bond motifs is 1. The number of hydrogen-bond donors (Lipinski definition) is 1. The fourth-order valence-corrected chi connectivity index (χ4v) is 4.78. The van der Waals surface area contributed by atoms with Gasteiger partial charge in [0.15, 0.2) is 6.61 Å². The molecule has 2 aliphatic rings. The van der Waals surface area contributed by atoms with Crippen LogP contribution in [-0.4, -0.2) is 41.1 Å². The summed E-state index contributed by atoms with van der Waals surface area (Å²) in [6.45, 7) is -0.508. The first-order chi connectivity index (χ1) is 15.7. The van der Waals surface area contributed by atoms with Crippen molar-refractivity contribution in [1.29, 1.82) is 0 Å². The topological polar surface area (TPSA) is 92.8 Å². The summed E-state index contributed by atoms with van der Waals surface area (Å²) in [5.74, 6) is -3.05. The van der Waals surface area contributed by atoms with Crippen molar-refractivity contribution in [3.05, 3.63) is 59.1 Å². The van der Waals surface area contributed by atoms with E-state index in [2.05, 4.69) is 5.32 Å². The van der Waals surface area contributed by atoms with E-state index in [4.69, 9.17) is 39.5 Å². The number of nitrogens with one attached hydrogen (secondary N) is 1. The number of benzene rings is 2. The Labute approximate surface area is 204 Å². The molecule has 3 amide bonds. The minimum absolute atomic E-state index is 0.104. The van der Waals surface area contributed by atoms with Gasteiger partial charge < -0.3 is 10.1 Å². The van der Waals surface area contributed by atoms with E-state index in [9.17, 15) is 19.2 Å². The number of carbonyl (C=O) groups excluding carboxylic acids is 4. The third-order valence-corrected chi connectivity index (χ3v) is 7.06. The first-order valence-electron chi connectivity index (χ1n) is 10.2. The number of esters is 1. The number of rotatable bonds is 5. The van der Waals surface area contributed by atoms with E-state index in [1.807, 2.05) is 0 Å². The lowest BCUT2D eigenvalue weighted by Gasteiger charge is -2.28. The first kappa shape index (κ1) is 23.5. The molecule has 10 heteroatoms. The first-order valence-corrected chi connectivity index (χ1v) is 11.5. The normalized spacial score (nSPS) is 24.4. The molecule has 1 aliphatic heterocycles. The van der Waals surface area contributed by atoms with E-state index in [0.717, 1.165) is 4.90 Å². The van der Waals surface area contributed by atoms with Crippen LogP contribution in [0.25, 0.3) is 0 Å². The van der Waals surface area contributed by atoms with Crippen molar-refractivity contribution in [3.63, 3.8) is 0 Å². The molecule has 1 heterocycles. The molecule has 1 aliphatic carbocycles. The van der Waals surface area contributed by atoms with Crippen LogP contribution in [0.4, 0.5) is 11.4 Å². The molecule has 1 N–H and O–H groups in total. The Hall–Kier alpha value is -2.61. The van der Waals surface area contributed by atoms with E-state index in [-0.39, 0.29) is 33.8 Å². The Kier molecular flexibility index (Phi) is 6.93. The molecule has 2 fully saturated rings. The standard InChI is InChI=1S/C23H19Cl3N2O5/c24-13-4-6-14(7-5-13)27-20(29)11-33-23(32)12-2-1-3-15(8-12)28-21(30)16-9-18(25)19(26)10-17(16)22(28)31/h1-8,16-19H,9-11H2,(H,27,29)/t16-,17-,18-,19+/m1/s1. The molecule has 33 heavy (non-hydrogen) atoms. The summed E-state index contributed by atoms with van der Waals surface area (Å²) in [5.41, 5.74) is 0.873. The summed E-state index contributed by atoms with van der Waals surface area (Å²) >= 11 is 18.2. The predicted molar refractivity (Wildman–Crippen MR) is 125 cm³/mol. The smallest absolute Gasteiger partial charge is 0.338 e. The maximum absolute atomic E-state index is 12.9. The number of hydrogen-bond acceptors (Lipinski definition) is 5. The summed E-state index contributed by atoms with van der Waals surface area (Å²) in [7, 11) is 0. The van der Waals surface area contributed by atoms with Gasteiger partial charge in [0.2, 0.25) is 11.8 Å². The second-order valence-corrected chi connectivity index (χ2v) is 9.47. The van der Waals surface area contributed by atoms with Gasteiger partial charge in [-0.1, -0.05) is 17.7 Å². The molecule has 0 spiro atoms. The SMILES string of the molecule is O=C(COC(=O)c1cccc(N2C(=O)[C@@H]3C[C@@H](Cl)[C@@H](Cl)C[C@H]3C2=O)c1)Nc1ccc(Cl)cc1. The second-order valence-electron chi connectivity index (χ2n) is 7.91. The van der Waals surface area contributed by atoms with Gasteiger partial charge in [-0.3, -0.25) is 19.3 Å². The predicted octanol–water partition coefficient (Wildman–Crippen LogP) is 4.25. The van der Waals surface area contributed by atoms with Crippen LogP contribution in [0, 0.1) is 11.8 Å². The van der Waals surface area contributed by atoms with Crippen LogP contribution >= 0.6 is 34.8 Å². The molecule has 0 aromatic heterocycles. The molecule has 1 saturated carbocycles. The van der Waals surface area contributed by atoms with Gasteiger partial charge in [-0.05, 0) is 55.3 Å². The lowest BCUT2D eigenvalue weighted by Crippen LogP contribution is -2.34. The average Bonchev–Trinajstić information content (AvgIpc) is 3.03. The highest BCUT2D eigenvalue weighted by molar-refractivity contribution is 6.31. The number of amides is 3. The van der Waals surface area contributed by atoms with Crippen molar-refractivity contribution < 1.29 is 23.9 Å². The van der Waals surface area contributed by atoms with Gasteiger partial charge in [0.25, 0.3) is 5.91 Å². The molecular formula is C23H19Cl3N2O5. The molecule has 0 bridgehead atoms. The minimum Gasteiger partial charge on any atom is -0.452 e. The largest absolute Gasteiger partial charge is 0.452 e. The summed E-state index contributed by atoms with van der Waals surface area (Å²) in [5, 5.41) is 2.34. The van der Waals surface area contributed by atoms with Crippen LogP contribution in [-0.2, 0) is 19.1 Å². The maximum Gasteiger partial charge on any atom is 0.338 e. The zero-order chi connectivity index (χ0) is 23.7. The third-order valence-electron chi connectivity index (χ3n) is 5.71. The molecule has 0 radical (unpaired) electrons. The Morgan fingerprint density at radius 3 is 2.18 bits per heavy atom. The van der Waals surface area contributed by atoms with Gasteiger partial charge in [-0.25, -0.2) is 4.79 Å². The van der Waals surface area contributed by atoms with Gasteiger partial charge in [-0.2, -0.15) is 0 Å². The number of imide groups is 1. The van der Waals surface area contributed by atoms with Gasteiger partial charge >= 0.3 is 5.97 Å². The molecule has 1 saturated heterocycles. The summed E-state index contributed by atoms with van der Waals surface area (Å²) in [6, 6.07) is 12.4. The minimum atomic E-state index is -0.763. The van der Waals surface area contributed by atoms with Crippen molar-refractivity contribution in [2.45, 2.75) is 23.6 Å². The highest BCUT2D eigenvalue weighted by Gasteiger charge is 2.52. The van der Waals surface area contributed by atoms with Gasteiger partial charge in [0.1, 0.15) is 0 Å². The lowest BCUT2D eigenvalue weighted by atomic mass is 9.80. The van der Waals surface area contributed by atoms with Crippen molar-refractivity contribution in [2.24, 2.45) is 11.8 Å². The zero-order valence-corrected chi connectivity index (χ0v) is 19.4. The van der Waals surface area contributed by atoms with Crippen LogP contribution in [0.2, 0.25) is 5.02 Å². The number of alkyl halides is 2. The average molecular weight is 510 g/mol. The van der Waals surface area contributed by atoms with E-state index in [1.165, 1.54) is 18.2 Å². The molecule has 0 unspecified atom stereocenters. The monoisotopic (exact) mass is 508 g/mol. The maximum atomic E-state index is 12.9. The number of nitrogens with zero attached hydrogens (tertiary/aromatic N) is 1. The highest BCUT2D eigenvalue weighted by atomic mass is 35.5. The van der Waals surface area contributed by atoms with E-state index < -0.39 is 30.3 Å². The highest BCUT2D eigenvalue weighted by Crippen LogP contribution is 2.43. The molecule has 4 rings (SSSR count). The Bertz CT molecular complexity index is 1080. The fourth-order valence-electron chi connectivity index (χ4n) is 4.07. The van der Waals surface area contributed by atoms with E-state index in [0.29, 0.717) is 23.6 Å². The summed E-state index contributed by atoms with van der Waals surface area (Å²) in [4.78, 5) is 51.4. The number of carbonyl (C=O) groups is 4. The van der Waals surface area contributed by atoms with E-state index >= 15 is 0 Å². The summed E-state index contributed by atoms with van der Waals surface area (Å²) < 4.78 is 5.08. The van der Waals surface area contributed by atoms with Crippen molar-refractivity contribution >= 4 is 69.9 Å². The van der Waals surface area contributed by atoms with Gasteiger partial charge in [-0.15, -0.1) is 23.2 Å². The Morgan fingerprint density at radius 1 is 0.970 bits per heavy atom. The van der Waals surface area contributed by atoms with Crippen LogP contribution in [0.3, 0.4) is 0 Å². The van der Waals surface area contributed by atoms with Crippen LogP contribution in [0.5, 0.6) is 0 Å². The number of ether oxygens (including phenoxy) is 1. The molecule has 172 valence electrons. The molecular weight excluding hydrogens is 491 g/mol. The Balaban J connectivity index is 1.41. The quantitative estimate of drug-likeness (QED) is 0.370. The Morgan fingerprint density at radius 2 is 1.58 bits per heavy atom. The number of anilines is 2. The van der Waals surface area contributed by atoms with Crippen molar-refractivity contribution in [3.8, 4) is 0 Å². The van der Waals surface area contributed by atoms with Gasteiger partial charge in [0.05, 0.1) is 33.8 Å². The van der Waals surface area contributed by atoms with Crippen molar-refractivity contribution in [1.82, 2.24) is 0 Å². The molecule has 4 atom stereocenters. The third kappa shape index (κ3) is 5.00. The number of halogens is 3. The zero-order valence-electron chi connectivity index (χ0n) is 17.2. The molecule has 2 aromatic carbocycles. The molecule has 2 aromatic rings. The van der Waals surface area contributed by atoms with Crippen molar-refractivity contribution in [2.75, 3.05) is 16.8 Å². The summed E-state index contributed by atoms with van der Waals surface area (Å²) in [6.07, 6.45) is 0.651. The van der Waals surface area contributed by atoms with Gasteiger partial charge in [0, 0.05) is 10.7 Å².